The Kier molecular flexibility index (Phi) is 5.58. The first kappa shape index (κ1) is 17.3. The summed E-state index contributed by atoms with van der Waals surface area (Å²) < 4.78 is 0. The third-order valence-electron chi connectivity index (χ3n) is 4.40. The van der Waals surface area contributed by atoms with Crippen molar-refractivity contribution in [1.82, 2.24) is 9.80 Å². The van der Waals surface area contributed by atoms with E-state index in [-0.39, 0.29) is 18.4 Å². The molecule has 0 atom stereocenters. The van der Waals surface area contributed by atoms with Gasteiger partial charge in [0.15, 0.2) is 0 Å². The number of aliphatic hydroxyl groups is 1. The number of hydrogen-bond acceptors (Lipinski definition) is 4. The Morgan fingerprint density at radius 2 is 1.44 bits per heavy atom. The fourth-order valence-corrected chi connectivity index (χ4v) is 3.15. The van der Waals surface area contributed by atoms with Gasteiger partial charge in [0.05, 0.1) is 17.7 Å². The second kappa shape index (κ2) is 8.05. The summed E-state index contributed by atoms with van der Waals surface area (Å²) in [5.74, 6) is -0.422. The Balaban J connectivity index is 1.56. The van der Waals surface area contributed by atoms with Gasteiger partial charge in [-0.05, 0) is 24.1 Å². The molecule has 0 unspecified atom stereocenters. The fourth-order valence-electron chi connectivity index (χ4n) is 3.15. The van der Waals surface area contributed by atoms with Crippen molar-refractivity contribution < 1.29 is 14.7 Å². The highest BCUT2D eigenvalue weighted by molar-refractivity contribution is 6.21. The number of carbonyl (C=O) groups is 2. The number of rotatable bonds is 8. The lowest BCUT2D eigenvalue weighted by atomic mass is 10.1. The summed E-state index contributed by atoms with van der Waals surface area (Å²) >= 11 is 0. The molecule has 0 saturated heterocycles. The average molecular weight is 338 g/mol. The molecule has 0 spiro atoms. The number of nitrogens with zero attached hydrogens (tertiary/aromatic N) is 2. The molecule has 0 aliphatic carbocycles. The molecule has 5 nitrogen and oxygen atoms in total. The van der Waals surface area contributed by atoms with Crippen LogP contribution in [0.5, 0.6) is 0 Å². The highest BCUT2D eigenvalue weighted by Gasteiger charge is 2.34. The zero-order valence-electron chi connectivity index (χ0n) is 14.1. The maximum Gasteiger partial charge on any atom is 0.261 e. The molecule has 1 aliphatic rings. The van der Waals surface area contributed by atoms with Crippen LogP contribution in [-0.2, 0) is 6.54 Å². The Bertz CT molecular complexity index is 711. The molecule has 0 bridgehead atoms. The van der Waals surface area contributed by atoms with Gasteiger partial charge in [-0.2, -0.15) is 0 Å². The quantitative estimate of drug-likeness (QED) is 0.750. The van der Waals surface area contributed by atoms with Crippen molar-refractivity contribution in [3.63, 3.8) is 0 Å². The molecule has 1 N–H and O–H groups in total. The minimum Gasteiger partial charge on any atom is -0.395 e. The molecule has 0 fully saturated rings. The number of amides is 2. The van der Waals surface area contributed by atoms with Gasteiger partial charge in [0, 0.05) is 26.2 Å². The maximum atomic E-state index is 12.4. The Morgan fingerprint density at radius 3 is 2.04 bits per heavy atom. The van der Waals surface area contributed by atoms with E-state index in [1.165, 1.54) is 10.5 Å². The molecule has 5 heteroatoms. The van der Waals surface area contributed by atoms with Crippen LogP contribution < -0.4 is 0 Å². The zero-order valence-corrected chi connectivity index (χ0v) is 14.1. The highest BCUT2D eigenvalue weighted by atomic mass is 16.3. The van der Waals surface area contributed by atoms with Crippen LogP contribution in [0.2, 0.25) is 0 Å². The van der Waals surface area contributed by atoms with E-state index in [1.807, 2.05) is 18.2 Å². The normalized spacial score (nSPS) is 13.6. The van der Waals surface area contributed by atoms with E-state index in [0.717, 1.165) is 6.54 Å². The van der Waals surface area contributed by atoms with Gasteiger partial charge in [0.1, 0.15) is 0 Å². The van der Waals surface area contributed by atoms with Gasteiger partial charge in [-0.1, -0.05) is 42.5 Å². The first-order valence-corrected chi connectivity index (χ1v) is 8.53. The number of imide groups is 1. The van der Waals surface area contributed by atoms with Crippen molar-refractivity contribution in [2.45, 2.75) is 13.0 Å². The van der Waals surface area contributed by atoms with Gasteiger partial charge in [0.2, 0.25) is 0 Å². The Morgan fingerprint density at radius 1 is 0.840 bits per heavy atom. The number of hydrogen-bond donors (Lipinski definition) is 1. The maximum absolute atomic E-state index is 12.4. The fraction of sp³-hybridized carbons (Fsp3) is 0.300. The van der Waals surface area contributed by atoms with Crippen LogP contribution in [0, 0.1) is 0 Å². The molecule has 1 aliphatic heterocycles. The number of carbonyl (C=O) groups excluding carboxylic acids is 2. The molecule has 2 aromatic rings. The minimum absolute atomic E-state index is 0.0832. The molecule has 3 rings (SSSR count). The number of fused-ring (bicyclic) bond motifs is 1. The number of benzene rings is 2. The van der Waals surface area contributed by atoms with E-state index in [4.69, 9.17) is 0 Å². The topological polar surface area (TPSA) is 60.9 Å². The SMILES string of the molecule is O=C1c2ccccc2C(=O)N1CCCN(CCO)Cc1ccccc1. The monoisotopic (exact) mass is 338 g/mol. The zero-order chi connectivity index (χ0) is 17.6. The van der Waals surface area contributed by atoms with E-state index in [9.17, 15) is 14.7 Å². The van der Waals surface area contributed by atoms with Gasteiger partial charge in [-0.25, -0.2) is 0 Å². The highest BCUT2D eigenvalue weighted by Crippen LogP contribution is 2.22. The Hall–Kier alpha value is -2.50. The molecule has 25 heavy (non-hydrogen) atoms. The molecule has 1 heterocycles. The standard InChI is InChI=1S/C20H22N2O3/c23-14-13-21(15-16-7-2-1-3-8-16)11-6-12-22-19(24)17-9-4-5-10-18(17)20(22)25/h1-5,7-10,23H,6,11-15H2. The van der Waals surface area contributed by atoms with Crippen molar-refractivity contribution in [2.24, 2.45) is 0 Å². The van der Waals surface area contributed by atoms with E-state index in [0.29, 0.717) is 37.2 Å². The van der Waals surface area contributed by atoms with Crippen molar-refractivity contribution in [3.8, 4) is 0 Å². The van der Waals surface area contributed by atoms with Crippen LogP contribution in [0.1, 0.15) is 32.7 Å². The molecule has 0 radical (unpaired) electrons. The lowest BCUT2D eigenvalue weighted by Crippen LogP contribution is -2.34. The van der Waals surface area contributed by atoms with Gasteiger partial charge in [0.25, 0.3) is 11.8 Å². The van der Waals surface area contributed by atoms with Crippen LogP contribution in [0.3, 0.4) is 0 Å². The molecular weight excluding hydrogens is 316 g/mol. The van der Waals surface area contributed by atoms with Crippen molar-refractivity contribution in [2.75, 3.05) is 26.2 Å². The number of aliphatic hydroxyl groups excluding tert-OH is 1. The first-order chi connectivity index (χ1) is 12.2. The predicted octanol–water partition coefficient (Wildman–Crippen LogP) is 2.17. The van der Waals surface area contributed by atoms with Gasteiger partial charge >= 0.3 is 0 Å². The summed E-state index contributed by atoms with van der Waals surface area (Å²) in [6.45, 7) is 2.49. The molecule has 0 saturated carbocycles. The largest absolute Gasteiger partial charge is 0.395 e. The van der Waals surface area contributed by atoms with Crippen LogP contribution in [-0.4, -0.2) is 53.0 Å². The molecule has 2 aromatic carbocycles. The van der Waals surface area contributed by atoms with Crippen molar-refractivity contribution in [3.05, 3.63) is 71.3 Å². The summed E-state index contributed by atoms with van der Waals surface area (Å²) in [6, 6.07) is 17.0. The smallest absolute Gasteiger partial charge is 0.261 e. The molecule has 0 aromatic heterocycles. The van der Waals surface area contributed by atoms with Gasteiger partial charge in [-0.3, -0.25) is 19.4 Å². The predicted molar refractivity (Wildman–Crippen MR) is 95.2 cm³/mol. The second-order valence-corrected chi connectivity index (χ2v) is 6.15. The average Bonchev–Trinajstić information content (AvgIpc) is 2.88. The van der Waals surface area contributed by atoms with Crippen LogP contribution in [0.4, 0.5) is 0 Å². The third kappa shape index (κ3) is 3.95. The second-order valence-electron chi connectivity index (χ2n) is 6.15. The lowest BCUT2D eigenvalue weighted by molar-refractivity contribution is 0.0645. The van der Waals surface area contributed by atoms with Gasteiger partial charge in [-0.15, -0.1) is 0 Å². The summed E-state index contributed by atoms with van der Waals surface area (Å²) in [5.41, 5.74) is 2.16. The summed E-state index contributed by atoms with van der Waals surface area (Å²) in [7, 11) is 0. The Labute approximate surface area is 147 Å². The van der Waals surface area contributed by atoms with E-state index in [1.54, 1.807) is 24.3 Å². The van der Waals surface area contributed by atoms with Crippen LogP contribution >= 0.6 is 0 Å². The molecular formula is C20H22N2O3. The van der Waals surface area contributed by atoms with Crippen LogP contribution in [0.25, 0.3) is 0 Å². The minimum atomic E-state index is -0.211. The third-order valence-corrected chi connectivity index (χ3v) is 4.40. The van der Waals surface area contributed by atoms with Crippen molar-refractivity contribution in [1.29, 1.82) is 0 Å². The molecule has 130 valence electrons. The van der Waals surface area contributed by atoms with E-state index >= 15 is 0 Å². The van der Waals surface area contributed by atoms with Crippen LogP contribution in [0.15, 0.2) is 54.6 Å². The first-order valence-electron chi connectivity index (χ1n) is 8.53. The van der Waals surface area contributed by atoms with Crippen molar-refractivity contribution >= 4 is 11.8 Å². The van der Waals surface area contributed by atoms with Gasteiger partial charge < -0.3 is 5.11 Å². The molecule has 2 amide bonds. The summed E-state index contributed by atoms with van der Waals surface area (Å²) in [5, 5.41) is 9.27. The van der Waals surface area contributed by atoms with E-state index < -0.39 is 0 Å². The lowest BCUT2D eigenvalue weighted by Gasteiger charge is -2.22. The summed E-state index contributed by atoms with van der Waals surface area (Å²) in [6.07, 6.45) is 0.679. The summed E-state index contributed by atoms with van der Waals surface area (Å²) in [4.78, 5) is 28.2. The van der Waals surface area contributed by atoms with E-state index in [2.05, 4.69) is 17.0 Å².